The number of hydrogen-bond donors (Lipinski definition) is 2. The van der Waals surface area contributed by atoms with Crippen LogP contribution in [0.4, 0.5) is 0 Å². The zero-order valence-corrected chi connectivity index (χ0v) is 7.53. The van der Waals surface area contributed by atoms with Gasteiger partial charge < -0.3 is 19.6 Å². The number of aromatic carboxylic acids is 1. The van der Waals surface area contributed by atoms with Crippen LogP contribution in [0.3, 0.4) is 0 Å². The Morgan fingerprint density at radius 1 is 1.57 bits per heavy atom. The highest BCUT2D eigenvalue weighted by Gasteiger charge is 2.18. The molecule has 0 bridgehead atoms. The summed E-state index contributed by atoms with van der Waals surface area (Å²) >= 11 is 0. The Morgan fingerprint density at radius 2 is 2.36 bits per heavy atom. The highest BCUT2D eigenvalue weighted by Crippen LogP contribution is 2.08. The topological polar surface area (TPSA) is 71.7 Å². The maximum Gasteiger partial charge on any atom is 0.371 e. The molecule has 1 aliphatic rings. The molecule has 5 heteroatoms. The van der Waals surface area contributed by atoms with Crippen molar-refractivity contribution in [2.24, 2.45) is 0 Å². The summed E-state index contributed by atoms with van der Waals surface area (Å²) in [6.07, 6.45) is 0. The zero-order valence-electron chi connectivity index (χ0n) is 7.53. The third kappa shape index (κ3) is 1.94. The number of hydrogen-bond acceptors (Lipinski definition) is 4. The Kier molecular flexibility index (Phi) is 2.51. The van der Waals surface area contributed by atoms with Crippen molar-refractivity contribution >= 4 is 5.97 Å². The second-order valence-corrected chi connectivity index (χ2v) is 3.19. The lowest BCUT2D eigenvalue weighted by Crippen LogP contribution is -2.45. The highest BCUT2D eigenvalue weighted by atomic mass is 16.5. The number of rotatable bonds is 4. The van der Waals surface area contributed by atoms with Crippen LogP contribution >= 0.6 is 0 Å². The summed E-state index contributed by atoms with van der Waals surface area (Å²) in [5.74, 6) is -0.427. The molecule has 0 unspecified atom stereocenters. The first-order valence-corrected chi connectivity index (χ1v) is 4.39. The molecule has 2 heterocycles. The molecule has 1 aromatic rings. The number of nitrogens with one attached hydrogen (secondary N) is 1. The summed E-state index contributed by atoms with van der Waals surface area (Å²) in [5.41, 5.74) is 0. The Morgan fingerprint density at radius 3 is 2.86 bits per heavy atom. The largest absolute Gasteiger partial charge is 0.475 e. The van der Waals surface area contributed by atoms with Crippen LogP contribution in [-0.2, 0) is 11.3 Å². The third-order valence-corrected chi connectivity index (χ3v) is 2.08. The van der Waals surface area contributed by atoms with E-state index in [2.05, 4.69) is 5.32 Å². The second-order valence-electron chi connectivity index (χ2n) is 3.19. The zero-order chi connectivity index (χ0) is 9.97. The number of carboxylic acids is 1. The third-order valence-electron chi connectivity index (χ3n) is 2.08. The molecule has 0 aromatic carbocycles. The van der Waals surface area contributed by atoms with Crippen LogP contribution in [0.1, 0.15) is 16.3 Å². The number of ether oxygens (including phenoxy) is 1. The molecule has 1 aliphatic heterocycles. The van der Waals surface area contributed by atoms with Gasteiger partial charge in [-0.3, -0.25) is 0 Å². The molecular weight excluding hydrogens is 186 g/mol. The van der Waals surface area contributed by atoms with Crippen LogP contribution in [0.15, 0.2) is 16.5 Å². The fraction of sp³-hybridized carbons (Fsp3) is 0.444. The second kappa shape index (κ2) is 3.81. The van der Waals surface area contributed by atoms with Gasteiger partial charge in [0.15, 0.2) is 0 Å². The van der Waals surface area contributed by atoms with Gasteiger partial charge in [-0.05, 0) is 12.1 Å². The molecular formula is C9H11NO4. The minimum Gasteiger partial charge on any atom is -0.475 e. The van der Waals surface area contributed by atoms with E-state index in [1.54, 1.807) is 6.07 Å². The van der Waals surface area contributed by atoms with Gasteiger partial charge in [0.25, 0.3) is 0 Å². The van der Waals surface area contributed by atoms with Gasteiger partial charge in [-0.25, -0.2) is 4.79 Å². The maximum absolute atomic E-state index is 10.5. The van der Waals surface area contributed by atoms with Crippen LogP contribution in [0, 0.1) is 0 Å². The summed E-state index contributed by atoms with van der Waals surface area (Å²) in [4.78, 5) is 10.5. The van der Waals surface area contributed by atoms with E-state index < -0.39 is 5.97 Å². The van der Waals surface area contributed by atoms with Crippen molar-refractivity contribution in [1.82, 2.24) is 5.32 Å². The molecule has 2 N–H and O–H groups in total. The summed E-state index contributed by atoms with van der Waals surface area (Å²) in [6, 6.07) is 3.49. The van der Waals surface area contributed by atoms with E-state index in [1.807, 2.05) is 0 Å². The van der Waals surface area contributed by atoms with Crippen LogP contribution in [0.2, 0.25) is 0 Å². The molecule has 1 aromatic heterocycles. The first kappa shape index (κ1) is 9.23. The molecule has 5 nitrogen and oxygen atoms in total. The Bertz CT molecular complexity index is 329. The molecule has 1 fully saturated rings. The summed E-state index contributed by atoms with van der Waals surface area (Å²) in [7, 11) is 0. The van der Waals surface area contributed by atoms with E-state index in [0.717, 1.165) is 0 Å². The SMILES string of the molecule is O=C(O)c1ccc(CNC2COC2)o1. The maximum atomic E-state index is 10.5. The molecule has 0 spiro atoms. The lowest BCUT2D eigenvalue weighted by molar-refractivity contribution is -0.00647. The van der Waals surface area contributed by atoms with Crippen LogP contribution in [-0.4, -0.2) is 30.3 Å². The highest BCUT2D eigenvalue weighted by molar-refractivity contribution is 5.84. The first-order valence-electron chi connectivity index (χ1n) is 4.39. The molecule has 2 rings (SSSR count). The molecule has 0 saturated carbocycles. The monoisotopic (exact) mass is 197 g/mol. The fourth-order valence-corrected chi connectivity index (χ4v) is 1.19. The van der Waals surface area contributed by atoms with Gasteiger partial charge in [0.05, 0.1) is 25.8 Å². The fourth-order valence-electron chi connectivity index (χ4n) is 1.19. The Balaban J connectivity index is 1.86. The quantitative estimate of drug-likeness (QED) is 0.734. The van der Waals surface area contributed by atoms with Gasteiger partial charge in [-0.1, -0.05) is 0 Å². The molecule has 0 radical (unpaired) electrons. The van der Waals surface area contributed by atoms with Gasteiger partial charge in [0.1, 0.15) is 5.76 Å². The normalized spacial score (nSPS) is 16.6. The Labute approximate surface area is 80.7 Å². The van der Waals surface area contributed by atoms with E-state index in [9.17, 15) is 4.79 Å². The number of carboxylic acid groups (broad SMARTS) is 1. The van der Waals surface area contributed by atoms with Gasteiger partial charge >= 0.3 is 5.97 Å². The molecule has 14 heavy (non-hydrogen) atoms. The van der Waals surface area contributed by atoms with Gasteiger partial charge in [0.2, 0.25) is 5.76 Å². The van der Waals surface area contributed by atoms with E-state index in [-0.39, 0.29) is 5.76 Å². The van der Waals surface area contributed by atoms with Crippen LogP contribution in [0.25, 0.3) is 0 Å². The average molecular weight is 197 g/mol. The predicted octanol–water partition coefficient (Wildman–Crippen LogP) is 0.466. The van der Waals surface area contributed by atoms with Gasteiger partial charge in [-0.15, -0.1) is 0 Å². The first-order chi connectivity index (χ1) is 6.75. The molecule has 1 saturated heterocycles. The molecule has 76 valence electrons. The minimum absolute atomic E-state index is 0.0216. The minimum atomic E-state index is -1.04. The lowest BCUT2D eigenvalue weighted by atomic mass is 10.2. The van der Waals surface area contributed by atoms with Crippen molar-refractivity contribution < 1.29 is 19.1 Å². The van der Waals surface area contributed by atoms with Crippen molar-refractivity contribution in [3.05, 3.63) is 23.7 Å². The Hall–Kier alpha value is -1.33. The van der Waals surface area contributed by atoms with Crippen molar-refractivity contribution in [2.75, 3.05) is 13.2 Å². The number of furan rings is 1. The smallest absolute Gasteiger partial charge is 0.371 e. The standard InChI is InChI=1S/C9H11NO4/c11-9(12)8-2-1-7(14-8)3-10-6-4-13-5-6/h1-2,6,10H,3-5H2,(H,11,12). The van der Waals surface area contributed by atoms with Gasteiger partial charge in [-0.2, -0.15) is 0 Å². The van der Waals surface area contributed by atoms with E-state index in [0.29, 0.717) is 31.6 Å². The average Bonchev–Trinajstić information content (AvgIpc) is 2.50. The van der Waals surface area contributed by atoms with Crippen molar-refractivity contribution in [2.45, 2.75) is 12.6 Å². The van der Waals surface area contributed by atoms with Crippen LogP contribution < -0.4 is 5.32 Å². The molecule has 0 aliphatic carbocycles. The molecule has 0 amide bonds. The van der Waals surface area contributed by atoms with E-state index in [4.69, 9.17) is 14.3 Å². The van der Waals surface area contributed by atoms with Gasteiger partial charge in [0, 0.05) is 0 Å². The summed E-state index contributed by atoms with van der Waals surface area (Å²) in [5, 5.41) is 11.8. The molecule has 0 atom stereocenters. The summed E-state index contributed by atoms with van der Waals surface area (Å²) < 4.78 is 10.0. The van der Waals surface area contributed by atoms with Crippen molar-refractivity contribution in [3.63, 3.8) is 0 Å². The lowest BCUT2D eigenvalue weighted by Gasteiger charge is -2.26. The van der Waals surface area contributed by atoms with Crippen LogP contribution in [0.5, 0.6) is 0 Å². The summed E-state index contributed by atoms with van der Waals surface area (Å²) in [6.45, 7) is 1.97. The van der Waals surface area contributed by atoms with E-state index in [1.165, 1.54) is 6.07 Å². The number of carbonyl (C=O) groups is 1. The van der Waals surface area contributed by atoms with Crippen molar-refractivity contribution in [3.8, 4) is 0 Å². The van der Waals surface area contributed by atoms with E-state index >= 15 is 0 Å². The van der Waals surface area contributed by atoms with Crippen molar-refractivity contribution in [1.29, 1.82) is 0 Å². The predicted molar refractivity (Wildman–Crippen MR) is 47.1 cm³/mol.